The van der Waals surface area contributed by atoms with Crippen molar-refractivity contribution in [2.45, 2.75) is 13.0 Å². The first-order valence-electron chi connectivity index (χ1n) is 6.68. The normalized spacial score (nSPS) is 12.6. The van der Waals surface area contributed by atoms with E-state index in [1.807, 2.05) is 19.2 Å². The van der Waals surface area contributed by atoms with E-state index in [1.165, 1.54) is 11.1 Å². The third kappa shape index (κ3) is 6.16. The molecule has 0 saturated heterocycles. The Labute approximate surface area is 116 Å². The minimum absolute atomic E-state index is 0.0669. The third-order valence-electron chi connectivity index (χ3n) is 2.90. The first-order chi connectivity index (χ1) is 9.29. The highest BCUT2D eigenvalue weighted by molar-refractivity contribution is 5.28. The van der Waals surface area contributed by atoms with E-state index >= 15 is 0 Å². The highest BCUT2D eigenvalue weighted by Crippen LogP contribution is 2.20. The van der Waals surface area contributed by atoms with Crippen molar-refractivity contribution in [2.75, 3.05) is 47.1 Å². The second-order valence-electron chi connectivity index (χ2n) is 4.38. The van der Waals surface area contributed by atoms with Crippen LogP contribution in [0.1, 0.15) is 17.2 Å². The smallest absolute Gasteiger partial charge is 0.0952 e. The van der Waals surface area contributed by atoms with Crippen molar-refractivity contribution >= 4 is 0 Å². The van der Waals surface area contributed by atoms with Gasteiger partial charge in [-0.15, -0.1) is 0 Å². The van der Waals surface area contributed by atoms with E-state index in [0.717, 1.165) is 6.54 Å². The van der Waals surface area contributed by atoms with Gasteiger partial charge in [-0.2, -0.15) is 0 Å². The van der Waals surface area contributed by atoms with E-state index in [9.17, 15) is 0 Å². The topological polar surface area (TPSA) is 39.7 Å². The maximum atomic E-state index is 5.90. The summed E-state index contributed by atoms with van der Waals surface area (Å²) in [7, 11) is 3.60. The maximum Gasteiger partial charge on any atom is 0.0952 e. The number of benzene rings is 1. The molecule has 0 aliphatic carbocycles. The molecule has 4 heteroatoms. The Balaban J connectivity index is 2.39. The number of nitrogens with one attached hydrogen (secondary N) is 1. The van der Waals surface area contributed by atoms with Gasteiger partial charge < -0.3 is 19.5 Å². The number of rotatable bonds is 10. The lowest BCUT2D eigenvalue weighted by Gasteiger charge is -2.20. The molecule has 0 aliphatic heterocycles. The molecule has 1 rings (SSSR count). The number of ether oxygens (including phenoxy) is 3. The molecular weight excluding hydrogens is 242 g/mol. The van der Waals surface area contributed by atoms with Gasteiger partial charge in [0, 0.05) is 13.7 Å². The molecule has 0 amide bonds. The molecule has 0 heterocycles. The largest absolute Gasteiger partial charge is 0.382 e. The minimum atomic E-state index is 0.0669. The molecule has 0 aromatic heterocycles. The molecule has 1 N–H and O–H groups in total. The lowest BCUT2D eigenvalue weighted by Crippen LogP contribution is -2.22. The Morgan fingerprint density at radius 2 is 1.84 bits per heavy atom. The summed E-state index contributed by atoms with van der Waals surface area (Å²) in [5.74, 6) is 0. The Hall–Kier alpha value is -0.940. The zero-order chi connectivity index (χ0) is 13.9. The van der Waals surface area contributed by atoms with Gasteiger partial charge in [-0.3, -0.25) is 0 Å². The van der Waals surface area contributed by atoms with Gasteiger partial charge in [0.15, 0.2) is 0 Å². The molecule has 0 aliphatic rings. The van der Waals surface area contributed by atoms with E-state index in [1.54, 1.807) is 7.11 Å². The summed E-state index contributed by atoms with van der Waals surface area (Å²) < 4.78 is 16.2. The molecule has 0 spiro atoms. The lowest BCUT2D eigenvalue weighted by molar-refractivity contribution is -0.00650. The summed E-state index contributed by atoms with van der Waals surface area (Å²) in [6.45, 7) is 5.32. The van der Waals surface area contributed by atoms with Crippen LogP contribution in [0.4, 0.5) is 0 Å². The second kappa shape index (κ2) is 9.92. The first kappa shape index (κ1) is 16.1. The van der Waals surface area contributed by atoms with Gasteiger partial charge in [0.2, 0.25) is 0 Å². The molecule has 0 saturated carbocycles. The molecule has 1 aromatic rings. The summed E-state index contributed by atoms with van der Waals surface area (Å²) in [4.78, 5) is 0. The zero-order valence-corrected chi connectivity index (χ0v) is 12.1. The SMILES string of the molecule is CNCC(OCCOCCOC)c1ccccc1C. The van der Waals surface area contributed by atoms with Crippen LogP contribution in [0.2, 0.25) is 0 Å². The molecule has 19 heavy (non-hydrogen) atoms. The van der Waals surface area contributed by atoms with Crippen LogP contribution in [0.3, 0.4) is 0 Å². The van der Waals surface area contributed by atoms with Gasteiger partial charge in [0.05, 0.1) is 32.5 Å². The van der Waals surface area contributed by atoms with E-state index in [-0.39, 0.29) is 6.10 Å². The van der Waals surface area contributed by atoms with Crippen LogP contribution in [-0.2, 0) is 14.2 Å². The highest BCUT2D eigenvalue weighted by atomic mass is 16.5. The fraction of sp³-hybridized carbons (Fsp3) is 0.600. The Morgan fingerprint density at radius 3 is 2.53 bits per heavy atom. The highest BCUT2D eigenvalue weighted by Gasteiger charge is 2.12. The van der Waals surface area contributed by atoms with E-state index in [0.29, 0.717) is 26.4 Å². The fourth-order valence-electron chi connectivity index (χ4n) is 1.89. The predicted octanol–water partition coefficient (Wildman–Crippen LogP) is 1.94. The molecule has 0 radical (unpaired) electrons. The van der Waals surface area contributed by atoms with E-state index in [4.69, 9.17) is 14.2 Å². The van der Waals surface area contributed by atoms with Gasteiger partial charge in [-0.25, -0.2) is 0 Å². The summed E-state index contributed by atoms with van der Waals surface area (Å²) in [6, 6.07) is 8.31. The molecule has 1 unspecified atom stereocenters. The standard InChI is InChI=1S/C15H25NO3/c1-13-6-4-5-7-14(13)15(12-16-2)19-11-10-18-9-8-17-3/h4-7,15-16H,8-12H2,1-3H3. The summed E-state index contributed by atoms with van der Waals surface area (Å²) in [5.41, 5.74) is 2.48. The zero-order valence-electron chi connectivity index (χ0n) is 12.1. The third-order valence-corrected chi connectivity index (χ3v) is 2.90. The van der Waals surface area contributed by atoms with Crippen LogP contribution < -0.4 is 5.32 Å². The van der Waals surface area contributed by atoms with Gasteiger partial charge >= 0.3 is 0 Å². The monoisotopic (exact) mass is 267 g/mol. The number of hydrogen-bond donors (Lipinski definition) is 1. The van der Waals surface area contributed by atoms with Crippen LogP contribution in [-0.4, -0.2) is 47.1 Å². The maximum absolute atomic E-state index is 5.90. The minimum Gasteiger partial charge on any atom is -0.382 e. The molecule has 1 atom stereocenters. The molecule has 0 bridgehead atoms. The van der Waals surface area contributed by atoms with Crippen LogP contribution >= 0.6 is 0 Å². The van der Waals surface area contributed by atoms with E-state index in [2.05, 4.69) is 24.4 Å². The average molecular weight is 267 g/mol. The first-order valence-corrected chi connectivity index (χ1v) is 6.68. The molecule has 0 fully saturated rings. The van der Waals surface area contributed by atoms with Gasteiger partial charge in [0.25, 0.3) is 0 Å². The Kier molecular flexibility index (Phi) is 8.41. The Bertz CT molecular complexity index is 344. The predicted molar refractivity (Wildman–Crippen MR) is 76.5 cm³/mol. The van der Waals surface area contributed by atoms with Crippen molar-refractivity contribution in [3.63, 3.8) is 0 Å². The lowest BCUT2D eigenvalue weighted by atomic mass is 10.0. The number of likely N-dealkylation sites (N-methyl/N-ethyl adjacent to an activating group) is 1. The number of aryl methyl sites for hydroxylation is 1. The summed E-state index contributed by atoms with van der Waals surface area (Å²) in [6.07, 6.45) is 0.0669. The van der Waals surface area contributed by atoms with Crippen molar-refractivity contribution in [1.29, 1.82) is 0 Å². The second-order valence-corrected chi connectivity index (χ2v) is 4.38. The fourth-order valence-corrected chi connectivity index (χ4v) is 1.89. The van der Waals surface area contributed by atoms with Crippen molar-refractivity contribution in [3.8, 4) is 0 Å². The van der Waals surface area contributed by atoms with Crippen molar-refractivity contribution in [1.82, 2.24) is 5.32 Å². The number of methoxy groups -OCH3 is 1. The average Bonchev–Trinajstić information content (AvgIpc) is 2.42. The molecule has 1 aromatic carbocycles. The molecule has 108 valence electrons. The number of hydrogen-bond acceptors (Lipinski definition) is 4. The van der Waals surface area contributed by atoms with Crippen molar-refractivity contribution < 1.29 is 14.2 Å². The van der Waals surface area contributed by atoms with Crippen molar-refractivity contribution in [2.24, 2.45) is 0 Å². The van der Waals surface area contributed by atoms with Crippen LogP contribution in [0.25, 0.3) is 0 Å². The van der Waals surface area contributed by atoms with E-state index < -0.39 is 0 Å². The quantitative estimate of drug-likeness (QED) is 0.658. The van der Waals surface area contributed by atoms with Crippen LogP contribution in [0.15, 0.2) is 24.3 Å². The molecule has 4 nitrogen and oxygen atoms in total. The van der Waals surface area contributed by atoms with Gasteiger partial charge in [-0.1, -0.05) is 24.3 Å². The van der Waals surface area contributed by atoms with Crippen molar-refractivity contribution in [3.05, 3.63) is 35.4 Å². The summed E-state index contributed by atoms with van der Waals surface area (Å²) >= 11 is 0. The van der Waals surface area contributed by atoms with Crippen LogP contribution in [0, 0.1) is 6.92 Å². The van der Waals surface area contributed by atoms with Gasteiger partial charge in [-0.05, 0) is 25.1 Å². The molecular formula is C15H25NO3. The Morgan fingerprint density at radius 1 is 1.11 bits per heavy atom. The van der Waals surface area contributed by atoms with Crippen LogP contribution in [0.5, 0.6) is 0 Å². The summed E-state index contributed by atoms with van der Waals surface area (Å²) in [5, 5.41) is 3.17. The van der Waals surface area contributed by atoms with Gasteiger partial charge in [0.1, 0.15) is 0 Å².